The summed E-state index contributed by atoms with van der Waals surface area (Å²) in [7, 11) is 1.55. The Kier molecular flexibility index (Phi) is 6.30. The minimum atomic E-state index is 0.0673. The SMILES string of the molecule is COc1ccc(-c2cc(-c3c(Cl)cccc3Cl)cc(NCCc3cnc[nH]3)n2)c(O)c1. The van der Waals surface area contributed by atoms with Gasteiger partial charge in [0.25, 0.3) is 0 Å². The Balaban J connectivity index is 1.75. The first-order valence-corrected chi connectivity index (χ1v) is 10.4. The van der Waals surface area contributed by atoms with Crippen LogP contribution >= 0.6 is 23.2 Å². The van der Waals surface area contributed by atoms with Crippen LogP contribution in [0.2, 0.25) is 10.0 Å². The van der Waals surface area contributed by atoms with Gasteiger partial charge in [-0.1, -0.05) is 29.3 Å². The summed E-state index contributed by atoms with van der Waals surface area (Å²) >= 11 is 12.9. The van der Waals surface area contributed by atoms with Gasteiger partial charge in [0.05, 0.1) is 19.1 Å². The molecule has 31 heavy (non-hydrogen) atoms. The number of nitrogens with zero attached hydrogens (tertiary/aromatic N) is 2. The summed E-state index contributed by atoms with van der Waals surface area (Å²) < 4.78 is 5.19. The Morgan fingerprint density at radius 2 is 1.90 bits per heavy atom. The standard InChI is InChI=1S/C23H20Cl2N4O2/c1-31-16-5-6-17(21(30)11-16)20-9-14(23-18(24)3-2-4-19(23)25)10-22(29-20)27-8-7-15-12-26-13-28-15/h2-6,9-13,30H,7-8H2,1H3,(H,26,28)(H,27,29). The molecule has 0 saturated heterocycles. The van der Waals surface area contributed by atoms with E-state index in [1.54, 1.807) is 56.0 Å². The third-order valence-electron chi connectivity index (χ3n) is 4.81. The normalized spacial score (nSPS) is 10.8. The first-order valence-electron chi connectivity index (χ1n) is 9.60. The fraction of sp³-hybridized carbons (Fsp3) is 0.130. The number of hydrogen-bond acceptors (Lipinski definition) is 5. The van der Waals surface area contributed by atoms with Crippen molar-refractivity contribution in [2.45, 2.75) is 6.42 Å². The molecule has 0 aliphatic carbocycles. The molecule has 0 atom stereocenters. The fourth-order valence-corrected chi connectivity index (χ4v) is 3.89. The van der Waals surface area contributed by atoms with Crippen molar-refractivity contribution >= 4 is 29.0 Å². The van der Waals surface area contributed by atoms with Gasteiger partial charge in [-0.15, -0.1) is 0 Å². The smallest absolute Gasteiger partial charge is 0.128 e. The minimum Gasteiger partial charge on any atom is -0.507 e. The highest BCUT2D eigenvalue weighted by atomic mass is 35.5. The van der Waals surface area contributed by atoms with Crippen molar-refractivity contribution in [3.63, 3.8) is 0 Å². The molecule has 0 saturated carbocycles. The van der Waals surface area contributed by atoms with Gasteiger partial charge in [0.1, 0.15) is 17.3 Å². The molecule has 0 radical (unpaired) electrons. The molecule has 0 unspecified atom stereocenters. The number of phenols is 1. The third kappa shape index (κ3) is 4.76. The van der Waals surface area contributed by atoms with E-state index >= 15 is 0 Å². The summed E-state index contributed by atoms with van der Waals surface area (Å²) in [6.07, 6.45) is 4.19. The number of H-pyrrole nitrogens is 1. The summed E-state index contributed by atoms with van der Waals surface area (Å²) in [5.41, 5.74) is 3.67. The maximum Gasteiger partial charge on any atom is 0.128 e. The summed E-state index contributed by atoms with van der Waals surface area (Å²) in [6.45, 7) is 0.642. The van der Waals surface area contributed by atoms with Gasteiger partial charge in [0, 0.05) is 52.1 Å². The van der Waals surface area contributed by atoms with Crippen LogP contribution in [0.3, 0.4) is 0 Å². The number of anilines is 1. The second kappa shape index (κ2) is 9.29. The Morgan fingerprint density at radius 1 is 1.10 bits per heavy atom. The molecule has 0 bridgehead atoms. The molecular formula is C23H20Cl2N4O2. The summed E-state index contributed by atoms with van der Waals surface area (Å²) in [6, 6.07) is 14.2. The van der Waals surface area contributed by atoms with Gasteiger partial charge in [-0.2, -0.15) is 0 Å². The van der Waals surface area contributed by atoms with Crippen molar-refractivity contribution in [1.82, 2.24) is 15.0 Å². The van der Waals surface area contributed by atoms with Crippen LogP contribution in [0.1, 0.15) is 5.69 Å². The number of aromatic nitrogens is 3. The zero-order valence-corrected chi connectivity index (χ0v) is 18.2. The van der Waals surface area contributed by atoms with Crippen LogP contribution < -0.4 is 10.1 Å². The van der Waals surface area contributed by atoms with E-state index in [1.807, 2.05) is 12.1 Å². The van der Waals surface area contributed by atoms with Crippen molar-refractivity contribution in [2.75, 3.05) is 19.0 Å². The molecule has 2 aromatic carbocycles. The van der Waals surface area contributed by atoms with E-state index in [2.05, 4.69) is 15.3 Å². The molecule has 0 amide bonds. The van der Waals surface area contributed by atoms with E-state index in [9.17, 15) is 5.11 Å². The number of halogens is 2. The van der Waals surface area contributed by atoms with Crippen LogP contribution in [-0.2, 0) is 6.42 Å². The van der Waals surface area contributed by atoms with E-state index in [1.165, 1.54) is 0 Å². The highest BCUT2D eigenvalue weighted by molar-refractivity contribution is 6.39. The molecule has 4 aromatic rings. The average molecular weight is 455 g/mol. The molecule has 2 aromatic heterocycles. The van der Waals surface area contributed by atoms with E-state index in [4.69, 9.17) is 32.9 Å². The maximum absolute atomic E-state index is 10.5. The topological polar surface area (TPSA) is 83.1 Å². The van der Waals surface area contributed by atoms with E-state index < -0.39 is 0 Å². The molecule has 6 nitrogen and oxygen atoms in total. The van der Waals surface area contributed by atoms with Gasteiger partial charge in [-0.3, -0.25) is 0 Å². The first kappa shape index (κ1) is 21.0. The Morgan fingerprint density at radius 3 is 2.58 bits per heavy atom. The average Bonchev–Trinajstić information content (AvgIpc) is 3.27. The maximum atomic E-state index is 10.5. The predicted octanol–water partition coefficient (Wildman–Crippen LogP) is 5.81. The third-order valence-corrected chi connectivity index (χ3v) is 5.44. The number of aromatic amines is 1. The Labute approximate surface area is 189 Å². The van der Waals surface area contributed by atoms with Crippen molar-refractivity contribution in [3.05, 3.63) is 76.8 Å². The van der Waals surface area contributed by atoms with Crippen molar-refractivity contribution in [3.8, 4) is 33.9 Å². The zero-order valence-electron chi connectivity index (χ0n) is 16.7. The van der Waals surface area contributed by atoms with Crippen LogP contribution in [0.4, 0.5) is 5.82 Å². The summed E-state index contributed by atoms with van der Waals surface area (Å²) in [5, 5.41) is 14.9. The molecule has 0 spiro atoms. The van der Waals surface area contributed by atoms with E-state index in [-0.39, 0.29) is 5.75 Å². The number of imidazole rings is 1. The van der Waals surface area contributed by atoms with Gasteiger partial charge < -0.3 is 20.1 Å². The number of aromatic hydroxyl groups is 1. The molecule has 2 heterocycles. The highest BCUT2D eigenvalue weighted by Gasteiger charge is 2.15. The van der Waals surface area contributed by atoms with Crippen LogP contribution in [0, 0.1) is 0 Å². The summed E-state index contributed by atoms with van der Waals surface area (Å²) in [5.74, 6) is 1.26. The lowest BCUT2D eigenvalue weighted by Gasteiger charge is -2.14. The number of rotatable bonds is 7. The lowest BCUT2D eigenvalue weighted by molar-refractivity contribution is 0.408. The lowest BCUT2D eigenvalue weighted by Crippen LogP contribution is -2.07. The van der Waals surface area contributed by atoms with Gasteiger partial charge in [0.15, 0.2) is 0 Å². The predicted molar refractivity (Wildman–Crippen MR) is 124 cm³/mol. The number of ether oxygens (including phenoxy) is 1. The lowest BCUT2D eigenvalue weighted by atomic mass is 10.0. The molecule has 158 valence electrons. The van der Waals surface area contributed by atoms with Crippen LogP contribution in [0.15, 0.2) is 61.1 Å². The second-order valence-corrected chi connectivity index (χ2v) is 7.67. The largest absolute Gasteiger partial charge is 0.507 e. The Bertz CT molecular complexity index is 1180. The first-order chi connectivity index (χ1) is 15.0. The summed E-state index contributed by atoms with van der Waals surface area (Å²) in [4.78, 5) is 11.8. The molecule has 0 aliphatic rings. The quantitative estimate of drug-likeness (QED) is 0.327. The number of methoxy groups -OCH3 is 1. The molecule has 0 aliphatic heterocycles. The van der Waals surface area contributed by atoms with E-state index in [0.717, 1.165) is 17.7 Å². The minimum absolute atomic E-state index is 0.0673. The molecule has 0 fully saturated rings. The second-order valence-electron chi connectivity index (χ2n) is 6.86. The van der Waals surface area contributed by atoms with Gasteiger partial charge in [-0.05, 0) is 42.0 Å². The van der Waals surface area contributed by atoms with E-state index in [0.29, 0.717) is 45.0 Å². The molecular weight excluding hydrogens is 435 g/mol. The highest BCUT2D eigenvalue weighted by Crippen LogP contribution is 2.39. The van der Waals surface area contributed by atoms with Crippen LogP contribution in [0.5, 0.6) is 11.5 Å². The van der Waals surface area contributed by atoms with Gasteiger partial charge >= 0.3 is 0 Å². The van der Waals surface area contributed by atoms with Crippen LogP contribution in [0.25, 0.3) is 22.4 Å². The van der Waals surface area contributed by atoms with Crippen molar-refractivity contribution < 1.29 is 9.84 Å². The number of benzene rings is 2. The van der Waals surface area contributed by atoms with Crippen molar-refractivity contribution in [2.24, 2.45) is 0 Å². The zero-order chi connectivity index (χ0) is 21.8. The number of hydrogen-bond donors (Lipinski definition) is 3. The van der Waals surface area contributed by atoms with Crippen molar-refractivity contribution in [1.29, 1.82) is 0 Å². The monoisotopic (exact) mass is 454 g/mol. The Hall–Kier alpha value is -3.22. The van der Waals surface area contributed by atoms with Gasteiger partial charge in [-0.25, -0.2) is 9.97 Å². The number of nitrogens with one attached hydrogen (secondary N) is 2. The number of pyridine rings is 1. The molecule has 8 heteroatoms. The number of phenolic OH excluding ortho intramolecular Hbond substituents is 1. The van der Waals surface area contributed by atoms with Gasteiger partial charge in [0.2, 0.25) is 0 Å². The van der Waals surface area contributed by atoms with Crippen LogP contribution in [-0.4, -0.2) is 33.7 Å². The fourth-order valence-electron chi connectivity index (χ4n) is 3.28. The molecule has 4 rings (SSSR count). The molecule has 3 N–H and O–H groups in total.